The van der Waals surface area contributed by atoms with Crippen molar-refractivity contribution in [3.05, 3.63) is 100 Å². The van der Waals surface area contributed by atoms with E-state index in [1.54, 1.807) is 11.3 Å². The molecule has 1 aliphatic carbocycles. The molecule has 0 aliphatic heterocycles. The molecule has 1 heterocycles. The standard InChI is InChI=1S/C24H28N4O2S.C8H8O.C2H6/c1-16-3-4-18(11-21(16)26-2)22(29)27-12-20-13-28-23(31-20)17-5-7-19(8-6-17)30-15-24(14-25)9-10-24;1-7-4-2-3-5-8(7)6-9;1-2/h3-8,11,13,26H,9-10,12,14-15,25H2,1-2H3,(H,27,29);2-6H,1H3;1-2H3. The molecule has 0 atom stereocenters. The first-order valence-corrected chi connectivity index (χ1v) is 15.1. The van der Waals surface area contributed by atoms with Gasteiger partial charge in [-0.05, 0) is 74.2 Å². The van der Waals surface area contributed by atoms with Crippen LogP contribution in [0.15, 0.2) is 72.9 Å². The van der Waals surface area contributed by atoms with Crippen molar-refractivity contribution in [1.29, 1.82) is 0 Å². The summed E-state index contributed by atoms with van der Waals surface area (Å²) >= 11 is 1.57. The molecule has 0 radical (unpaired) electrons. The number of nitrogens with one attached hydrogen (secondary N) is 2. The second-order valence-electron chi connectivity index (χ2n) is 10.1. The fraction of sp³-hybridized carbons (Fsp3) is 0.324. The number of ether oxygens (including phenoxy) is 1. The Hall–Kier alpha value is -4.01. The number of benzene rings is 3. The molecule has 1 aliphatic rings. The van der Waals surface area contributed by atoms with Gasteiger partial charge in [-0.3, -0.25) is 9.59 Å². The van der Waals surface area contributed by atoms with E-state index in [-0.39, 0.29) is 11.3 Å². The minimum atomic E-state index is -0.0983. The second kappa shape index (κ2) is 15.8. The average molecular weight is 587 g/mol. The lowest BCUT2D eigenvalue weighted by molar-refractivity contribution is 0.0951. The monoisotopic (exact) mass is 586 g/mol. The van der Waals surface area contributed by atoms with E-state index in [2.05, 4.69) is 15.6 Å². The van der Waals surface area contributed by atoms with Gasteiger partial charge in [-0.2, -0.15) is 0 Å². The number of nitrogens with two attached hydrogens (primary N) is 1. The maximum Gasteiger partial charge on any atom is 0.251 e. The highest BCUT2D eigenvalue weighted by molar-refractivity contribution is 7.15. The lowest BCUT2D eigenvalue weighted by Crippen LogP contribution is -2.22. The molecular weight excluding hydrogens is 544 g/mol. The minimum Gasteiger partial charge on any atom is -0.493 e. The Bertz CT molecular complexity index is 1450. The number of rotatable bonds is 10. The molecule has 0 bridgehead atoms. The van der Waals surface area contributed by atoms with Crippen molar-refractivity contribution < 1.29 is 14.3 Å². The van der Waals surface area contributed by atoms with Gasteiger partial charge in [0.05, 0.1) is 13.2 Å². The van der Waals surface area contributed by atoms with Gasteiger partial charge in [-0.25, -0.2) is 4.98 Å². The van der Waals surface area contributed by atoms with Crippen LogP contribution in [-0.4, -0.2) is 37.4 Å². The zero-order valence-corrected chi connectivity index (χ0v) is 26.0. The molecule has 4 N–H and O–H groups in total. The average Bonchev–Trinajstić information content (AvgIpc) is 3.67. The summed E-state index contributed by atoms with van der Waals surface area (Å²) in [5.41, 5.74) is 11.6. The van der Waals surface area contributed by atoms with E-state index in [0.29, 0.717) is 25.3 Å². The lowest BCUT2D eigenvalue weighted by atomic mass is 10.1. The summed E-state index contributed by atoms with van der Waals surface area (Å²) in [4.78, 5) is 28.2. The fourth-order valence-corrected chi connectivity index (χ4v) is 4.92. The van der Waals surface area contributed by atoms with Gasteiger partial charge in [0.2, 0.25) is 0 Å². The molecule has 1 aromatic heterocycles. The van der Waals surface area contributed by atoms with Gasteiger partial charge in [-0.15, -0.1) is 11.3 Å². The van der Waals surface area contributed by atoms with Crippen molar-refractivity contribution in [3.63, 3.8) is 0 Å². The quantitative estimate of drug-likeness (QED) is 0.172. The van der Waals surface area contributed by atoms with E-state index in [4.69, 9.17) is 10.5 Å². The first-order valence-electron chi connectivity index (χ1n) is 14.3. The number of hydrogen-bond acceptors (Lipinski definition) is 7. The Kier molecular flexibility index (Phi) is 12.3. The fourth-order valence-electron chi connectivity index (χ4n) is 4.06. The molecule has 1 fully saturated rings. The number of aldehydes is 1. The topological polar surface area (TPSA) is 106 Å². The van der Waals surface area contributed by atoms with Crippen LogP contribution < -0.4 is 21.1 Å². The van der Waals surface area contributed by atoms with Crippen molar-refractivity contribution in [2.45, 2.75) is 47.1 Å². The highest BCUT2D eigenvalue weighted by atomic mass is 32.1. The molecule has 4 aromatic rings. The Morgan fingerprint density at radius 2 is 1.76 bits per heavy atom. The summed E-state index contributed by atoms with van der Waals surface area (Å²) in [6.45, 7) is 9.74. The minimum absolute atomic E-state index is 0.0983. The predicted octanol–water partition coefficient (Wildman–Crippen LogP) is 7.04. The molecule has 1 saturated carbocycles. The first kappa shape index (κ1) is 32.5. The molecule has 0 saturated heterocycles. The largest absolute Gasteiger partial charge is 0.493 e. The number of carbonyl (C=O) groups excluding carboxylic acids is 2. The zero-order valence-electron chi connectivity index (χ0n) is 25.2. The summed E-state index contributed by atoms with van der Waals surface area (Å²) in [5.74, 6) is 0.755. The number of aryl methyl sites for hydroxylation is 2. The molecular formula is C34H42N4O3S. The number of thiazole rings is 1. The molecule has 42 heavy (non-hydrogen) atoms. The Morgan fingerprint density at radius 1 is 1.05 bits per heavy atom. The van der Waals surface area contributed by atoms with Gasteiger partial charge in [0, 0.05) is 52.5 Å². The van der Waals surface area contributed by atoms with Crippen LogP contribution in [0.1, 0.15) is 63.4 Å². The van der Waals surface area contributed by atoms with Gasteiger partial charge in [0.25, 0.3) is 5.91 Å². The van der Waals surface area contributed by atoms with Crippen LogP contribution in [0.25, 0.3) is 10.6 Å². The van der Waals surface area contributed by atoms with Crippen LogP contribution in [0.5, 0.6) is 5.75 Å². The molecule has 3 aromatic carbocycles. The summed E-state index contributed by atoms with van der Waals surface area (Å²) in [6.07, 6.45) is 4.99. The molecule has 222 valence electrons. The third-order valence-corrected chi connectivity index (χ3v) is 8.14. The van der Waals surface area contributed by atoms with Gasteiger partial charge >= 0.3 is 0 Å². The molecule has 0 unspecified atom stereocenters. The van der Waals surface area contributed by atoms with Crippen LogP contribution in [0.4, 0.5) is 5.69 Å². The summed E-state index contributed by atoms with van der Waals surface area (Å²) in [6, 6.07) is 21.1. The number of amides is 1. The van der Waals surface area contributed by atoms with Crippen molar-refractivity contribution in [2.24, 2.45) is 11.1 Å². The number of anilines is 1. The maximum absolute atomic E-state index is 12.5. The molecule has 1 amide bonds. The molecule has 8 heteroatoms. The molecule has 7 nitrogen and oxygen atoms in total. The Labute approximate surface area is 253 Å². The van der Waals surface area contributed by atoms with Crippen molar-refractivity contribution in [2.75, 3.05) is 25.5 Å². The summed E-state index contributed by atoms with van der Waals surface area (Å²) in [7, 11) is 1.85. The van der Waals surface area contributed by atoms with Crippen LogP contribution in [0.3, 0.4) is 0 Å². The third kappa shape index (κ3) is 8.99. The molecule has 5 rings (SSSR count). The van der Waals surface area contributed by atoms with Gasteiger partial charge in [0.15, 0.2) is 0 Å². The van der Waals surface area contributed by atoms with E-state index in [9.17, 15) is 9.59 Å². The zero-order chi connectivity index (χ0) is 30.5. The first-order chi connectivity index (χ1) is 20.4. The van der Waals surface area contributed by atoms with Crippen LogP contribution >= 0.6 is 11.3 Å². The van der Waals surface area contributed by atoms with E-state index < -0.39 is 0 Å². The Morgan fingerprint density at radius 3 is 2.36 bits per heavy atom. The summed E-state index contributed by atoms with van der Waals surface area (Å²) < 4.78 is 5.90. The van der Waals surface area contributed by atoms with Gasteiger partial charge in [0.1, 0.15) is 17.0 Å². The van der Waals surface area contributed by atoms with Crippen molar-refractivity contribution in [3.8, 4) is 16.3 Å². The van der Waals surface area contributed by atoms with Crippen LogP contribution in [0, 0.1) is 19.3 Å². The molecule has 0 spiro atoms. The van der Waals surface area contributed by atoms with E-state index >= 15 is 0 Å². The summed E-state index contributed by atoms with van der Waals surface area (Å²) in [5, 5.41) is 7.00. The van der Waals surface area contributed by atoms with E-state index in [0.717, 1.165) is 62.7 Å². The third-order valence-electron chi connectivity index (χ3n) is 7.10. The maximum atomic E-state index is 12.5. The highest BCUT2D eigenvalue weighted by Gasteiger charge is 2.42. The number of carbonyl (C=O) groups is 2. The lowest BCUT2D eigenvalue weighted by Gasteiger charge is -2.13. The Balaban J connectivity index is 0.000000373. The number of hydrogen-bond donors (Lipinski definition) is 3. The van der Waals surface area contributed by atoms with E-state index in [1.807, 2.05) is 108 Å². The number of nitrogens with zero attached hydrogens (tertiary/aromatic N) is 1. The van der Waals surface area contributed by atoms with E-state index in [1.165, 1.54) is 0 Å². The second-order valence-corrected chi connectivity index (χ2v) is 11.2. The van der Waals surface area contributed by atoms with Crippen molar-refractivity contribution in [1.82, 2.24) is 10.3 Å². The SMILES string of the molecule is CC.CNc1cc(C(=O)NCc2cnc(-c3ccc(OCC4(CN)CC4)cc3)s2)ccc1C.Cc1ccccc1C=O. The van der Waals surface area contributed by atoms with Crippen molar-refractivity contribution >= 4 is 29.2 Å². The predicted molar refractivity (Wildman–Crippen MR) is 174 cm³/mol. The highest BCUT2D eigenvalue weighted by Crippen LogP contribution is 2.44. The smallest absolute Gasteiger partial charge is 0.251 e. The van der Waals surface area contributed by atoms with Gasteiger partial charge in [-0.1, -0.05) is 44.2 Å². The normalized spacial score (nSPS) is 12.5. The van der Waals surface area contributed by atoms with Crippen LogP contribution in [0.2, 0.25) is 0 Å². The van der Waals surface area contributed by atoms with Crippen LogP contribution in [-0.2, 0) is 6.54 Å². The van der Waals surface area contributed by atoms with Gasteiger partial charge < -0.3 is 21.1 Å². The number of aromatic nitrogens is 1.